The molecule has 2 aliphatic heterocycles. The van der Waals surface area contributed by atoms with Gasteiger partial charge in [-0.05, 0) is 73.2 Å². The predicted octanol–water partition coefficient (Wildman–Crippen LogP) is 1.62. The van der Waals surface area contributed by atoms with Crippen molar-refractivity contribution in [1.29, 1.82) is 0 Å². The second-order valence-electron chi connectivity index (χ2n) is 8.25. The Morgan fingerprint density at radius 2 is 1.30 bits per heavy atom. The minimum Gasteiger partial charge on any atom is -0.487 e. The summed E-state index contributed by atoms with van der Waals surface area (Å²) in [7, 11) is 1.82. The molecule has 2 N–H and O–H groups in total. The Kier molecular flexibility index (Phi) is 6.27. The number of aliphatic hydroxyl groups excluding tert-OH is 2. The number of aryl methyl sites for hydroxylation is 2. The molecule has 0 saturated carbocycles. The second-order valence-corrected chi connectivity index (χ2v) is 8.25. The standard InChI is InChI=1S/C22H26BF2NO4/c23-26(11-17(27)21-5-1-13-9-15(24)3-7-19(13)29-21)12-18(28)22-6-2-14-10-16(25)4-8-20(14)30-22/h3-4,7-10,17-18,21-22,27-28H,1-2,5-6,11-12,23H2. The first kappa shape index (κ1) is 21.1. The molecule has 2 aliphatic rings. The number of fused-ring (bicyclic) bond motifs is 2. The Balaban J connectivity index is 1.28. The summed E-state index contributed by atoms with van der Waals surface area (Å²) in [4.78, 5) is 1.85. The normalized spacial score (nSPS) is 22.4. The molecular weight excluding hydrogens is 391 g/mol. The Morgan fingerprint density at radius 3 is 1.73 bits per heavy atom. The molecule has 160 valence electrons. The second kappa shape index (κ2) is 8.92. The van der Waals surface area contributed by atoms with Crippen LogP contribution in [0.3, 0.4) is 0 Å². The summed E-state index contributed by atoms with van der Waals surface area (Å²) < 4.78 is 38.4. The largest absolute Gasteiger partial charge is 0.487 e. The lowest BCUT2D eigenvalue weighted by Crippen LogP contribution is -2.47. The molecule has 2 aromatic carbocycles. The van der Waals surface area contributed by atoms with Crippen LogP contribution in [0.15, 0.2) is 36.4 Å². The fraction of sp³-hybridized carbons (Fsp3) is 0.455. The summed E-state index contributed by atoms with van der Waals surface area (Å²) in [5.74, 6) is 0.644. The van der Waals surface area contributed by atoms with Gasteiger partial charge in [-0.2, -0.15) is 0 Å². The molecule has 4 atom stereocenters. The SMILES string of the molecule is BN(CC(O)C1CCc2cc(F)ccc2O1)CC(O)C1CCc2cc(F)ccc2O1. The van der Waals surface area contributed by atoms with Gasteiger partial charge in [-0.25, -0.2) is 8.78 Å². The summed E-state index contributed by atoms with van der Waals surface area (Å²) in [6, 6.07) is 8.84. The van der Waals surface area contributed by atoms with Crippen molar-refractivity contribution in [2.45, 2.75) is 50.1 Å². The van der Waals surface area contributed by atoms with E-state index in [1.54, 1.807) is 12.1 Å². The topological polar surface area (TPSA) is 62.2 Å². The first-order chi connectivity index (χ1) is 14.4. The van der Waals surface area contributed by atoms with E-state index < -0.39 is 12.2 Å². The van der Waals surface area contributed by atoms with Gasteiger partial charge < -0.3 is 24.5 Å². The van der Waals surface area contributed by atoms with Gasteiger partial charge in [-0.15, -0.1) is 0 Å². The smallest absolute Gasteiger partial charge is 0.185 e. The van der Waals surface area contributed by atoms with E-state index in [2.05, 4.69) is 0 Å². The highest BCUT2D eigenvalue weighted by atomic mass is 19.1. The van der Waals surface area contributed by atoms with E-state index in [1.807, 2.05) is 12.8 Å². The van der Waals surface area contributed by atoms with Crippen LogP contribution in [0.4, 0.5) is 8.78 Å². The van der Waals surface area contributed by atoms with Crippen molar-refractivity contribution in [2.75, 3.05) is 13.1 Å². The average molecular weight is 417 g/mol. The Bertz CT molecular complexity index is 828. The van der Waals surface area contributed by atoms with Gasteiger partial charge in [0.25, 0.3) is 0 Å². The molecule has 0 radical (unpaired) electrons. The van der Waals surface area contributed by atoms with Gasteiger partial charge in [0.05, 0.1) is 0 Å². The molecule has 0 saturated heterocycles. The van der Waals surface area contributed by atoms with Crippen molar-refractivity contribution >= 4 is 7.98 Å². The number of halogens is 2. The third-order valence-electron chi connectivity index (χ3n) is 5.85. The van der Waals surface area contributed by atoms with Crippen molar-refractivity contribution in [1.82, 2.24) is 4.81 Å². The van der Waals surface area contributed by atoms with E-state index >= 15 is 0 Å². The molecule has 0 amide bonds. The lowest BCUT2D eigenvalue weighted by Gasteiger charge is -2.34. The maximum absolute atomic E-state index is 13.3. The maximum atomic E-state index is 13.3. The molecule has 4 rings (SSSR count). The Hall–Kier alpha value is -2.16. The van der Waals surface area contributed by atoms with Gasteiger partial charge >= 0.3 is 0 Å². The molecule has 0 aliphatic carbocycles. The van der Waals surface area contributed by atoms with Crippen LogP contribution in [0.5, 0.6) is 11.5 Å². The van der Waals surface area contributed by atoms with Gasteiger partial charge in [0.15, 0.2) is 7.98 Å². The van der Waals surface area contributed by atoms with E-state index in [9.17, 15) is 19.0 Å². The molecule has 0 aromatic heterocycles. The average Bonchev–Trinajstić information content (AvgIpc) is 2.72. The number of ether oxygens (including phenoxy) is 2. The predicted molar refractivity (Wildman–Crippen MR) is 110 cm³/mol. The summed E-state index contributed by atoms with van der Waals surface area (Å²) in [6.45, 7) is 0.652. The van der Waals surface area contributed by atoms with Gasteiger partial charge in [0.1, 0.15) is 47.5 Å². The first-order valence-electron chi connectivity index (χ1n) is 10.3. The summed E-state index contributed by atoms with van der Waals surface area (Å²) in [6.07, 6.45) is 0.271. The zero-order valence-electron chi connectivity index (χ0n) is 16.9. The van der Waals surface area contributed by atoms with Crippen LogP contribution in [0.2, 0.25) is 0 Å². The molecule has 4 unspecified atom stereocenters. The highest BCUT2D eigenvalue weighted by Gasteiger charge is 2.30. The van der Waals surface area contributed by atoms with E-state index in [-0.39, 0.29) is 23.8 Å². The van der Waals surface area contributed by atoms with Crippen molar-refractivity contribution in [3.8, 4) is 11.5 Å². The molecule has 0 bridgehead atoms. The van der Waals surface area contributed by atoms with Crippen molar-refractivity contribution in [3.63, 3.8) is 0 Å². The Morgan fingerprint density at radius 1 is 0.867 bits per heavy atom. The van der Waals surface area contributed by atoms with E-state index in [0.717, 1.165) is 11.1 Å². The lowest BCUT2D eigenvalue weighted by molar-refractivity contribution is -0.00909. The molecule has 5 nitrogen and oxygen atoms in total. The molecular formula is C22H26BF2NO4. The third-order valence-corrected chi connectivity index (χ3v) is 5.85. The quantitative estimate of drug-likeness (QED) is 0.700. The van der Waals surface area contributed by atoms with Crippen molar-refractivity contribution < 1.29 is 28.5 Å². The van der Waals surface area contributed by atoms with Crippen LogP contribution in [0, 0.1) is 11.6 Å². The fourth-order valence-corrected chi connectivity index (χ4v) is 4.25. The highest BCUT2D eigenvalue weighted by Crippen LogP contribution is 2.31. The van der Waals surface area contributed by atoms with Gasteiger partial charge in [-0.1, -0.05) is 0 Å². The van der Waals surface area contributed by atoms with Crippen LogP contribution in [0.25, 0.3) is 0 Å². The highest BCUT2D eigenvalue weighted by molar-refractivity contribution is 6.04. The zero-order chi connectivity index (χ0) is 21.3. The van der Waals surface area contributed by atoms with Gasteiger partial charge in [-0.3, -0.25) is 0 Å². The van der Waals surface area contributed by atoms with E-state index in [4.69, 9.17) is 9.47 Å². The molecule has 8 heteroatoms. The lowest BCUT2D eigenvalue weighted by atomic mass is 9.97. The van der Waals surface area contributed by atoms with Crippen LogP contribution in [-0.4, -0.2) is 60.5 Å². The van der Waals surface area contributed by atoms with Gasteiger partial charge in [0, 0.05) is 13.1 Å². The molecule has 30 heavy (non-hydrogen) atoms. The maximum Gasteiger partial charge on any atom is 0.185 e. The summed E-state index contributed by atoms with van der Waals surface area (Å²) in [5.41, 5.74) is 1.63. The summed E-state index contributed by atoms with van der Waals surface area (Å²) >= 11 is 0. The van der Waals surface area contributed by atoms with Crippen LogP contribution in [0.1, 0.15) is 24.0 Å². The van der Waals surface area contributed by atoms with Crippen LogP contribution < -0.4 is 9.47 Å². The minimum atomic E-state index is -0.739. The van der Waals surface area contributed by atoms with Crippen molar-refractivity contribution in [3.05, 3.63) is 59.2 Å². The van der Waals surface area contributed by atoms with Gasteiger partial charge in [0.2, 0.25) is 0 Å². The minimum absolute atomic E-state index is 0.289. The van der Waals surface area contributed by atoms with Crippen LogP contribution in [-0.2, 0) is 12.8 Å². The molecule has 0 spiro atoms. The molecule has 2 heterocycles. The number of benzene rings is 2. The van der Waals surface area contributed by atoms with Crippen molar-refractivity contribution in [2.24, 2.45) is 0 Å². The fourth-order valence-electron chi connectivity index (χ4n) is 4.25. The molecule has 0 fully saturated rings. The van der Waals surface area contributed by atoms with Crippen LogP contribution >= 0.6 is 0 Å². The number of hydrogen-bond acceptors (Lipinski definition) is 5. The Labute approximate surface area is 175 Å². The number of rotatable bonds is 6. The zero-order valence-corrected chi connectivity index (χ0v) is 16.9. The number of aliphatic hydroxyl groups is 2. The third kappa shape index (κ3) is 4.77. The first-order valence-corrected chi connectivity index (χ1v) is 10.3. The van der Waals surface area contributed by atoms with E-state index in [0.29, 0.717) is 50.3 Å². The summed E-state index contributed by atoms with van der Waals surface area (Å²) in [5, 5.41) is 21.2. The number of hydrogen-bond donors (Lipinski definition) is 2. The molecule has 2 aromatic rings. The number of nitrogens with zero attached hydrogens (tertiary/aromatic N) is 1. The van der Waals surface area contributed by atoms with E-state index in [1.165, 1.54) is 24.3 Å². The monoisotopic (exact) mass is 417 g/mol.